The first-order valence-corrected chi connectivity index (χ1v) is 5.93. The van der Waals surface area contributed by atoms with Gasteiger partial charge in [-0.3, -0.25) is 0 Å². The average molecular weight is 229 g/mol. The van der Waals surface area contributed by atoms with Crippen molar-refractivity contribution in [1.82, 2.24) is 21.1 Å². The third-order valence-corrected chi connectivity index (χ3v) is 2.21. The Balaban J connectivity index is 0.00000196. The number of thioether (sulfide) groups is 1. The minimum Gasteiger partial charge on any atom is -0.354 e. The molecule has 15 heavy (non-hydrogen) atoms. The van der Waals surface area contributed by atoms with Gasteiger partial charge in [0, 0.05) is 12.5 Å². The third kappa shape index (κ3) is 4.01. The van der Waals surface area contributed by atoms with E-state index < -0.39 is 0 Å². The highest BCUT2D eigenvalue weighted by Crippen LogP contribution is 2.15. The molecule has 4 N–H and O–H groups in total. The van der Waals surface area contributed by atoms with Crippen LogP contribution in [0.25, 0.3) is 0 Å². The Bertz CT molecular complexity index is 303. The van der Waals surface area contributed by atoms with Crippen molar-refractivity contribution in [2.75, 3.05) is 18.1 Å². The summed E-state index contributed by atoms with van der Waals surface area (Å²) in [6.45, 7) is 7.01. The van der Waals surface area contributed by atoms with Crippen molar-refractivity contribution in [3.05, 3.63) is 5.82 Å². The molecule has 0 radical (unpaired) electrons. The zero-order chi connectivity index (χ0) is 10.6. The maximum atomic E-state index is 4.33. The lowest BCUT2D eigenvalue weighted by Gasteiger charge is -2.08. The van der Waals surface area contributed by atoms with Gasteiger partial charge in [0.15, 0.2) is 5.16 Å². The Labute approximate surface area is 95.1 Å². The molecule has 0 saturated carbocycles. The van der Waals surface area contributed by atoms with Crippen LogP contribution in [0.3, 0.4) is 0 Å². The standard InChI is InChI=1S/C9H16N4S.H3N/c1-5-10-8-11-7(6(2)3)12-9(13-8)14-4;/h6H,5H2,1-4H3,(H,10,11,12,13);1H3. The molecular formula is C9H19N5S. The molecule has 1 aromatic rings. The SMILES string of the molecule is CCNc1nc(SC)nc(C(C)C)n1.N. The summed E-state index contributed by atoms with van der Waals surface area (Å²) >= 11 is 1.54. The molecule has 86 valence electrons. The fourth-order valence-electron chi connectivity index (χ4n) is 0.959. The van der Waals surface area contributed by atoms with Gasteiger partial charge in [0.2, 0.25) is 5.95 Å². The van der Waals surface area contributed by atoms with Crippen molar-refractivity contribution in [2.24, 2.45) is 0 Å². The topological polar surface area (TPSA) is 85.7 Å². The van der Waals surface area contributed by atoms with E-state index in [1.807, 2.05) is 13.2 Å². The van der Waals surface area contributed by atoms with E-state index >= 15 is 0 Å². The molecular weight excluding hydrogens is 210 g/mol. The van der Waals surface area contributed by atoms with Gasteiger partial charge in [-0.05, 0) is 13.2 Å². The summed E-state index contributed by atoms with van der Waals surface area (Å²) in [5.74, 6) is 1.86. The van der Waals surface area contributed by atoms with E-state index in [4.69, 9.17) is 0 Å². The zero-order valence-electron chi connectivity index (χ0n) is 9.74. The van der Waals surface area contributed by atoms with Crippen LogP contribution in [0, 0.1) is 0 Å². The molecule has 0 saturated heterocycles. The first kappa shape index (κ1) is 14.1. The van der Waals surface area contributed by atoms with E-state index in [1.54, 1.807) is 0 Å². The van der Waals surface area contributed by atoms with E-state index in [1.165, 1.54) is 11.8 Å². The number of nitrogens with zero attached hydrogens (tertiary/aromatic N) is 3. The van der Waals surface area contributed by atoms with Crippen LogP contribution in [0.5, 0.6) is 0 Å². The summed E-state index contributed by atoms with van der Waals surface area (Å²) < 4.78 is 0. The summed E-state index contributed by atoms with van der Waals surface area (Å²) in [5, 5.41) is 3.88. The highest BCUT2D eigenvalue weighted by molar-refractivity contribution is 7.98. The molecule has 0 unspecified atom stereocenters. The number of nitrogens with one attached hydrogen (secondary N) is 1. The van der Waals surface area contributed by atoms with Gasteiger partial charge in [-0.2, -0.15) is 9.97 Å². The van der Waals surface area contributed by atoms with Crippen LogP contribution in [0.4, 0.5) is 5.95 Å². The highest BCUT2D eigenvalue weighted by Gasteiger charge is 2.07. The molecule has 0 fully saturated rings. The largest absolute Gasteiger partial charge is 0.354 e. The molecule has 0 aliphatic heterocycles. The Morgan fingerprint density at radius 2 is 1.93 bits per heavy atom. The summed E-state index contributed by atoms with van der Waals surface area (Å²) in [6.07, 6.45) is 1.97. The number of rotatable bonds is 4. The Hall–Kier alpha value is -0.880. The second-order valence-electron chi connectivity index (χ2n) is 3.19. The van der Waals surface area contributed by atoms with Crippen molar-refractivity contribution >= 4 is 17.7 Å². The Morgan fingerprint density at radius 3 is 2.40 bits per heavy atom. The number of anilines is 1. The first-order chi connectivity index (χ1) is 6.67. The van der Waals surface area contributed by atoms with E-state index in [9.17, 15) is 0 Å². The van der Waals surface area contributed by atoms with Gasteiger partial charge in [0.05, 0.1) is 0 Å². The molecule has 5 nitrogen and oxygen atoms in total. The molecule has 0 spiro atoms. The van der Waals surface area contributed by atoms with Gasteiger partial charge in [-0.25, -0.2) is 4.98 Å². The quantitative estimate of drug-likeness (QED) is 0.770. The summed E-state index contributed by atoms with van der Waals surface area (Å²) in [4.78, 5) is 12.9. The number of aromatic nitrogens is 3. The lowest BCUT2D eigenvalue weighted by Crippen LogP contribution is -2.08. The highest BCUT2D eigenvalue weighted by atomic mass is 32.2. The molecule has 1 heterocycles. The van der Waals surface area contributed by atoms with Gasteiger partial charge >= 0.3 is 0 Å². The molecule has 1 rings (SSSR count). The van der Waals surface area contributed by atoms with Gasteiger partial charge in [-0.1, -0.05) is 25.6 Å². The van der Waals surface area contributed by atoms with Crippen LogP contribution < -0.4 is 11.5 Å². The molecule has 0 aromatic carbocycles. The monoisotopic (exact) mass is 229 g/mol. The summed E-state index contributed by atoms with van der Waals surface area (Å²) in [7, 11) is 0. The van der Waals surface area contributed by atoms with Gasteiger partial charge in [0.1, 0.15) is 5.82 Å². The maximum Gasteiger partial charge on any atom is 0.226 e. The van der Waals surface area contributed by atoms with Crippen molar-refractivity contribution in [1.29, 1.82) is 0 Å². The van der Waals surface area contributed by atoms with Crippen LogP contribution in [0.15, 0.2) is 5.16 Å². The lowest BCUT2D eigenvalue weighted by molar-refractivity contribution is 0.725. The van der Waals surface area contributed by atoms with Crippen molar-refractivity contribution < 1.29 is 0 Å². The van der Waals surface area contributed by atoms with Crippen LogP contribution in [-0.4, -0.2) is 27.8 Å². The minimum atomic E-state index is 0. The smallest absolute Gasteiger partial charge is 0.226 e. The van der Waals surface area contributed by atoms with Gasteiger partial charge in [-0.15, -0.1) is 0 Å². The van der Waals surface area contributed by atoms with Crippen LogP contribution in [0.1, 0.15) is 32.5 Å². The van der Waals surface area contributed by atoms with E-state index in [-0.39, 0.29) is 6.15 Å². The second-order valence-corrected chi connectivity index (χ2v) is 3.96. The molecule has 6 heteroatoms. The normalized spacial score (nSPS) is 9.93. The molecule has 0 aliphatic rings. The van der Waals surface area contributed by atoms with E-state index in [0.29, 0.717) is 11.9 Å². The summed E-state index contributed by atoms with van der Waals surface area (Å²) in [6, 6.07) is 0. The van der Waals surface area contributed by atoms with Crippen molar-refractivity contribution in [3.8, 4) is 0 Å². The first-order valence-electron chi connectivity index (χ1n) is 4.71. The van der Waals surface area contributed by atoms with E-state index in [0.717, 1.165) is 17.5 Å². The van der Waals surface area contributed by atoms with Crippen LogP contribution in [-0.2, 0) is 0 Å². The molecule has 0 atom stereocenters. The molecule has 1 aromatic heterocycles. The van der Waals surface area contributed by atoms with Crippen molar-refractivity contribution in [2.45, 2.75) is 31.8 Å². The molecule has 0 amide bonds. The van der Waals surface area contributed by atoms with Crippen LogP contribution in [0.2, 0.25) is 0 Å². The average Bonchev–Trinajstić information content (AvgIpc) is 2.17. The zero-order valence-corrected chi connectivity index (χ0v) is 10.6. The maximum absolute atomic E-state index is 4.33. The molecule has 0 bridgehead atoms. The predicted molar refractivity (Wildman–Crippen MR) is 64.9 cm³/mol. The predicted octanol–water partition coefficient (Wildman–Crippen LogP) is 2.31. The minimum absolute atomic E-state index is 0. The fourth-order valence-corrected chi connectivity index (χ4v) is 1.32. The van der Waals surface area contributed by atoms with Gasteiger partial charge < -0.3 is 11.5 Å². The summed E-state index contributed by atoms with van der Waals surface area (Å²) in [5.41, 5.74) is 0. The molecule has 0 aliphatic carbocycles. The van der Waals surface area contributed by atoms with Crippen molar-refractivity contribution in [3.63, 3.8) is 0 Å². The Kier molecular flexibility index (Phi) is 6.19. The van der Waals surface area contributed by atoms with E-state index in [2.05, 4.69) is 34.1 Å². The number of hydrogen-bond acceptors (Lipinski definition) is 6. The third-order valence-electron chi connectivity index (χ3n) is 1.67. The fraction of sp³-hybridized carbons (Fsp3) is 0.667. The number of hydrogen-bond donors (Lipinski definition) is 2. The lowest BCUT2D eigenvalue weighted by atomic mass is 10.2. The van der Waals surface area contributed by atoms with Crippen LogP contribution >= 0.6 is 11.8 Å². The Morgan fingerprint density at radius 1 is 1.27 bits per heavy atom. The van der Waals surface area contributed by atoms with Gasteiger partial charge in [0.25, 0.3) is 0 Å². The second kappa shape index (κ2) is 6.58.